The number of aliphatic imine (C=N–C) groups is 1. The molecule has 2 fully saturated rings. The molecule has 16 heteroatoms. The van der Waals surface area contributed by atoms with Crippen LogP contribution in [0.2, 0.25) is 0 Å². The van der Waals surface area contributed by atoms with Crippen LogP contribution in [0.4, 0.5) is 5.82 Å². The fourth-order valence-corrected chi connectivity index (χ4v) is 9.83. The molecule has 0 saturated carbocycles. The quantitative estimate of drug-likeness (QED) is 0.0274. The maximum absolute atomic E-state index is 9.45. The summed E-state index contributed by atoms with van der Waals surface area (Å²) in [6.45, 7) is 13.6. The predicted molar refractivity (Wildman–Crippen MR) is 237 cm³/mol. The van der Waals surface area contributed by atoms with E-state index in [4.69, 9.17) is 42.7 Å². The Morgan fingerprint density at radius 2 is 1.53 bits per heavy atom. The molecular formula is C46H57N8O7P. The number of hydrogen-bond donors (Lipinski definition) is 0. The van der Waals surface area contributed by atoms with Crippen molar-refractivity contribution in [3.8, 4) is 17.6 Å². The molecule has 2 aliphatic heterocycles. The summed E-state index contributed by atoms with van der Waals surface area (Å²) in [4.78, 5) is 21.1. The second kappa shape index (κ2) is 20.9. The first-order valence-corrected chi connectivity index (χ1v) is 22.2. The van der Waals surface area contributed by atoms with E-state index in [0.717, 1.165) is 47.1 Å². The summed E-state index contributed by atoms with van der Waals surface area (Å²) < 4.78 is 48.8. The smallest absolute Gasteiger partial charge is 0.259 e. The van der Waals surface area contributed by atoms with Crippen molar-refractivity contribution in [2.75, 3.05) is 53.7 Å². The fourth-order valence-electron chi connectivity index (χ4n) is 8.07. The second-order valence-corrected chi connectivity index (χ2v) is 17.1. The van der Waals surface area contributed by atoms with Gasteiger partial charge in [0.15, 0.2) is 17.0 Å². The van der Waals surface area contributed by atoms with E-state index in [-0.39, 0.29) is 31.7 Å². The summed E-state index contributed by atoms with van der Waals surface area (Å²) in [7, 11) is 1.68. The van der Waals surface area contributed by atoms with Gasteiger partial charge in [-0.3, -0.25) is 4.57 Å². The molecule has 0 amide bonds. The molecule has 2 aromatic heterocycles. The first-order chi connectivity index (χ1) is 30.2. The average molecular weight is 865 g/mol. The lowest BCUT2D eigenvalue weighted by atomic mass is 9.80. The Morgan fingerprint density at radius 1 is 0.903 bits per heavy atom. The third-order valence-electron chi connectivity index (χ3n) is 11.1. The number of rotatable bonds is 18. The number of benzene rings is 3. The Bertz CT molecular complexity index is 2210. The van der Waals surface area contributed by atoms with Crippen molar-refractivity contribution in [1.82, 2.24) is 29.1 Å². The molecule has 62 heavy (non-hydrogen) atoms. The summed E-state index contributed by atoms with van der Waals surface area (Å²) in [5, 5.41) is 9.45. The maximum Gasteiger partial charge on any atom is 0.259 e. The Hall–Kier alpha value is -5.04. The Labute approximate surface area is 365 Å². The van der Waals surface area contributed by atoms with Crippen molar-refractivity contribution in [3.05, 3.63) is 108 Å². The van der Waals surface area contributed by atoms with Gasteiger partial charge in [-0.2, -0.15) is 5.26 Å². The van der Waals surface area contributed by atoms with Gasteiger partial charge < -0.3 is 37.6 Å². The molecule has 328 valence electrons. The van der Waals surface area contributed by atoms with Gasteiger partial charge >= 0.3 is 0 Å². The van der Waals surface area contributed by atoms with Crippen molar-refractivity contribution in [3.63, 3.8) is 0 Å². The van der Waals surface area contributed by atoms with Crippen LogP contribution in [0.3, 0.4) is 0 Å². The number of aromatic nitrogens is 4. The van der Waals surface area contributed by atoms with E-state index in [1.54, 1.807) is 20.5 Å². The average Bonchev–Trinajstić information content (AvgIpc) is 3.92. The minimum Gasteiger partial charge on any atom is -0.497 e. The molecule has 5 aromatic rings. The zero-order valence-corrected chi connectivity index (χ0v) is 37.5. The van der Waals surface area contributed by atoms with Gasteiger partial charge in [0, 0.05) is 31.6 Å². The molecule has 2 saturated heterocycles. The van der Waals surface area contributed by atoms with Crippen LogP contribution in [0.15, 0.2) is 96.5 Å². The van der Waals surface area contributed by atoms with Gasteiger partial charge in [0.2, 0.25) is 0 Å². The molecular weight excluding hydrogens is 808 g/mol. The maximum atomic E-state index is 9.45. The molecule has 3 aromatic carbocycles. The van der Waals surface area contributed by atoms with E-state index in [9.17, 15) is 5.26 Å². The lowest BCUT2D eigenvalue weighted by Crippen LogP contribution is -2.39. The standard InChI is InChI=1S/C46H57N8O7P/c1-32(2)54(33(3)4)62(59-25-11-22-47)61-40-28-42(53-31-50-43-44(48-30-49-45(43)53)51-34(5)52-23-26-57-27-24-52)60-41(40)29-58-46(35-12-9-8-10-13-35,36-14-18-38(55-6)19-15-36)37-16-20-39(56-7)21-17-37/h8-10,12-21,30-33,40-42H,11,23-29H2,1-7H3/t40-,41-,42-,62?/m1/s1. The number of amidine groups is 1. The first kappa shape index (κ1) is 45.0. The number of ether oxygens (including phenoxy) is 5. The van der Waals surface area contributed by atoms with E-state index in [1.807, 2.05) is 78.2 Å². The van der Waals surface area contributed by atoms with Gasteiger partial charge in [-0.1, -0.05) is 54.6 Å². The van der Waals surface area contributed by atoms with Crippen LogP contribution in [0.1, 0.15) is 70.4 Å². The van der Waals surface area contributed by atoms with Gasteiger partial charge in [0.1, 0.15) is 41.6 Å². The molecule has 4 heterocycles. The highest BCUT2D eigenvalue weighted by Crippen LogP contribution is 2.51. The number of morpholine rings is 1. The highest BCUT2D eigenvalue weighted by atomic mass is 31.2. The zero-order valence-electron chi connectivity index (χ0n) is 36.6. The van der Waals surface area contributed by atoms with E-state index in [2.05, 4.69) is 65.4 Å². The molecule has 0 bridgehead atoms. The Balaban J connectivity index is 1.29. The van der Waals surface area contributed by atoms with E-state index < -0.39 is 32.6 Å². The normalized spacial score (nSPS) is 19.1. The van der Waals surface area contributed by atoms with E-state index in [0.29, 0.717) is 36.6 Å². The summed E-state index contributed by atoms with van der Waals surface area (Å²) >= 11 is 0. The van der Waals surface area contributed by atoms with Gasteiger partial charge in [-0.05, 0) is 75.6 Å². The number of methoxy groups -OCH3 is 2. The van der Waals surface area contributed by atoms with Crippen LogP contribution in [-0.2, 0) is 28.9 Å². The topological polar surface area (TPSA) is 151 Å². The molecule has 15 nitrogen and oxygen atoms in total. The highest BCUT2D eigenvalue weighted by Gasteiger charge is 2.45. The fraction of sp³-hybridized carbons (Fsp3) is 0.457. The van der Waals surface area contributed by atoms with Gasteiger partial charge in [-0.15, -0.1) is 0 Å². The Kier molecular flexibility index (Phi) is 15.2. The van der Waals surface area contributed by atoms with Crippen LogP contribution < -0.4 is 9.47 Å². The largest absolute Gasteiger partial charge is 0.497 e. The molecule has 7 rings (SSSR count). The number of fused-ring (bicyclic) bond motifs is 1. The van der Waals surface area contributed by atoms with Crippen molar-refractivity contribution >= 4 is 31.3 Å². The number of nitrogens with zero attached hydrogens (tertiary/aromatic N) is 8. The number of hydrogen-bond acceptors (Lipinski definition) is 13. The van der Waals surface area contributed by atoms with Gasteiger partial charge in [-0.25, -0.2) is 24.6 Å². The molecule has 4 atom stereocenters. The number of nitriles is 1. The van der Waals surface area contributed by atoms with Crippen molar-refractivity contribution in [1.29, 1.82) is 5.26 Å². The second-order valence-electron chi connectivity index (χ2n) is 15.7. The first-order valence-electron chi connectivity index (χ1n) is 21.1. The van der Waals surface area contributed by atoms with E-state index >= 15 is 0 Å². The van der Waals surface area contributed by atoms with Crippen LogP contribution in [-0.4, -0.2) is 113 Å². The van der Waals surface area contributed by atoms with Gasteiger partial charge in [0.05, 0.1) is 65.6 Å². The van der Waals surface area contributed by atoms with Crippen molar-refractivity contribution < 1.29 is 32.7 Å². The lowest BCUT2D eigenvalue weighted by molar-refractivity contribution is -0.0912. The van der Waals surface area contributed by atoms with Crippen molar-refractivity contribution in [2.45, 2.75) is 83.6 Å². The van der Waals surface area contributed by atoms with Crippen molar-refractivity contribution in [2.24, 2.45) is 4.99 Å². The third-order valence-corrected chi connectivity index (χ3v) is 13.2. The molecule has 2 aliphatic rings. The summed E-state index contributed by atoms with van der Waals surface area (Å²) in [5.74, 6) is 2.78. The van der Waals surface area contributed by atoms with Crippen LogP contribution >= 0.6 is 8.53 Å². The molecule has 0 N–H and O–H groups in total. The molecule has 0 radical (unpaired) electrons. The predicted octanol–water partition coefficient (Wildman–Crippen LogP) is 8.18. The summed E-state index contributed by atoms with van der Waals surface area (Å²) in [6.07, 6.45) is 2.28. The van der Waals surface area contributed by atoms with Gasteiger partial charge in [0.25, 0.3) is 8.53 Å². The molecule has 0 aliphatic carbocycles. The molecule has 1 unspecified atom stereocenters. The minimum atomic E-state index is -1.63. The van der Waals surface area contributed by atoms with Crippen LogP contribution in [0, 0.1) is 11.3 Å². The minimum absolute atomic E-state index is 0.0982. The third kappa shape index (κ3) is 9.93. The monoisotopic (exact) mass is 864 g/mol. The SMILES string of the molecule is COc1ccc(C(OC[C@H]2O[C@@H](n3cnc4c(N=C(C)N5CCOCC5)ncnc43)C[C@H]2OP(OCCC#N)N(C(C)C)C(C)C)(c2ccccc2)c2ccc(OC)cc2)cc1. The van der Waals surface area contributed by atoms with Crippen LogP contribution in [0.25, 0.3) is 11.2 Å². The Morgan fingerprint density at radius 3 is 2.13 bits per heavy atom. The zero-order chi connectivity index (χ0) is 43.6. The van der Waals surface area contributed by atoms with Crippen LogP contribution in [0.5, 0.6) is 11.5 Å². The number of imidazole rings is 1. The summed E-state index contributed by atoms with van der Waals surface area (Å²) in [5.41, 5.74) is 2.78. The molecule has 0 spiro atoms. The van der Waals surface area contributed by atoms with E-state index in [1.165, 1.54) is 6.33 Å². The highest BCUT2D eigenvalue weighted by molar-refractivity contribution is 7.44. The summed E-state index contributed by atoms with van der Waals surface area (Å²) in [6, 6.07) is 28.5. The lowest BCUT2D eigenvalue weighted by Gasteiger charge is -2.39.